The molecule has 0 saturated carbocycles. The summed E-state index contributed by atoms with van der Waals surface area (Å²) in [4.78, 5) is 28.2. The molecule has 1 aliphatic heterocycles. The lowest BCUT2D eigenvalue weighted by atomic mass is 10.1. The topological polar surface area (TPSA) is 94.7 Å². The third kappa shape index (κ3) is 3.75. The molecule has 1 aliphatic rings. The minimum atomic E-state index is -0.214. The molecular weight excluding hydrogens is 336 g/mol. The van der Waals surface area contributed by atoms with E-state index < -0.39 is 0 Å². The number of hydrogen-bond acceptors (Lipinski definition) is 7. The molecule has 0 aliphatic carbocycles. The Bertz CT molecular complexity index is 759. The molecule has 3 rings (SSSR count). The van der Waals surface area contributed by atoms with Crippen molar-refractivity contribution in [3.05, 3.63) is 28.9 Å². The number of aryl methyl sites for hydroxylation is 1. The van der Waals surface area contributed by atoms with E-state index in [4.69, 9.17) is 0 Å². The molecule has 122 valence electrons. The predicted octanol–water partition coefficient (Wildman–Crippen LogP) is 0.00220. The average Bonchev–Trinajstić information content (AvgIpc) is 2.96. The number of fused-ring (bicyclic) bond motifs is 1. The third-order valence-corrected chi connectivity index (χ3v) is 5.58. The summed E-state index contributed by atoms with van der Waals surface area (Å²) < 4.78 is 3.40. The Morgan fingerprint density at radius 1 is 1.57 bits per heavy atom. The third-order valence-electron chi connectivity index (χ3n) is 3.39. The van der Waals surface area contributed by atoms with E-state index in [1.807, 2.05) is 11.6 Å². The van der Waals surface area contributed by atoms with Crippen LogP contribution in [-0.4, -0.2) is 48.3 Å². The second-order valence-corrected chi connectivity index (χ2v) is 7.10. The van der Waals surface area contributed by atoms with Gasteiger partial charge in [0.25, 0.3) is 5.56 Å². The Kier molecular flexibility index (Phi) is 5.01. The van der Waals surface area contributed by atoms with Gasteiger partial charge in [0, 0.05) is 43.9 Å². The van der Waals surface area contributed by atoms with Gasteiger partial charge in [0.05, 0.1) is 5.92 Å². The van der Waals surface area contributed by atoms with Crippen LogP contribution in [0.1, 0.15) is 0 Å². The zero-order valence-electron chi connectivity index (χ0n) is 12.5. The highest BCUT2D eigenvalue weighted by molar-refractivity contribution is 7.99. The molecule has 23 heavy (non-hydrogen) atoms. The maximum absolute atomic E-state index is 12.2. The molecule has 1 atom stereocenters. The Labute approximate surface area is 141 Å². The number of amides is 1. The van der Waals surface area contributed by atoms with Crippen LogP contribution < -0.4 is 10.9 Å². The van der Waals surface area contributed by atoms with Crippen LogP contribution in [0.2, 0.25) is 0 Å². The van der Waals surface area contributed by atoms with E-state index in [0.717, 1.165) is 10.9 Å². The monoisotopic (exact) mass is 352 g/mol. The summed E-state index contributed by atoms with van der Waals surface area (Å²) in [5.41, 5.74) is -0.113. The molecule has 0 fully saturated rings. The molecule has 0 spiro atoms. The highest BCUT2D eigenvalue weighted by atomic mass is 32.2. The van der Waals surface area contributed by atoms with Gasteiger partial charge in [-0.1, -0.05) is 23.5 Å². The van der Waals surface area contributed by atoms with Crippen molar-refractivity contribution in [1.82, 2.24) is 29.6 Å². The maximum Gasteiger partial charge on any atom is 0.254 e. The van der Waals surface area contributed by atoms with Crippen LogP contribution in [0.3, 0.4) is 0 Å². The molecule has 1 amide bonds. The summed E-state index contributed by atoms with van der Waals surface area (Å²) >= 11 is 2.98. The fourth-order valence-electron chi connectivity index (χ4n) is 2.17. The molecule has 3 heterocycles. The quantitative estimate of drug-likeness (QED) is 0.460. The zero-order valence-corrected chi connectivity index (χ0v) is 14.1. The second kappa shape index (κ2) is 7.18. The number of carbonyl (C=O) groups excluding carboxylic acids is 1. The summed E-state index contributed by atoms with van der Waals surface area (Å²) in [5.74, 6) is 1.11. The van der Waals surface area contributed by atoms with E-state index in [1.165, 1.54) is 35.8 Å². The van der Waals surface area contributed by atoms with Gasteiger partial charge in [0.1, 0.15) is 6.33 Å². The Morgan fingerprint density at radius 3 is 3.22 bits per heavy atom. The van der Waals surface area contributed by atoms with Crippen molar-refractivity contribution in [3.8, 4) is 0 Å². The van der Waals surface area contributed by atoms with Gasteiger partial charge in [-0.2, -0.15) is 0 Å². The van der Waals surface area contributed by atoms with Crippen LogP contribution in [0, 0.1) is 5.92 Å². The molecule has 0 radical (unpaired) electrons. The lowest BCUT2D eigenvalue weighted by molar-refractivity contribution is -0.124. The second-order valence-electron chi connectivity index (χ2n) is 5.05. The smallest absolute Gasteiger partial charge is 0.254 e. The predicted molar refractivity (Wildman–Crippen MR) is 87.4 cm³/mol. The van der Waals surface area contributed by atoms with Crippen molar-refractivity contribution >= 4 is 29.4 Å². The van der Waals surface area contributed by atoms with E-state index in [1.54, 1.807) is 10.9 Å². The molecule has 0 bridgehead atoms. The number of rotatable bonds is 5. The van der Waals surface area contributed by atoms with Gasteiger partial charge in [-0.25, -0.2) is 4.98 Å². The number of aromatic nitrogens is 5. The minimum absolute atomic E-state index is 0.0301. The van der Waals surface area contributed by atoms with Crippen molar-refractivity contribution < 1.29 is 4.79 Å². The molecule has 0 saturated heterocycles. The van der Waals surface area contributed by atoms with Crippen LogP contribution in [0.15, 0.2) is 33.7 Å². The summed E-state index contributed by atoms with van der Waals surface area (Å²) in [6, 6.07) is 1.42. The molecular formula is C13H16N6O2S2. The van der Waals surface area contributed by atoms with Gasteiger partial charge in [0.2, 0.25) is 5.91 Å². The van der Waals surface area contributed by atoms with E-state index in [0.29, 0.717) is 24.0 Å². The number of nitrogens with one attached hydrogen (secondary N) is 1. The standard InChI is InChI=1S/C13H16N6O2S2/c1-18-8-16-17-13(18)22-5-4-14-11(21)9-6-19-10(20)2-3-15-12(19)23-7-9/h2-3,8-9H,4-7H2,1H3,(H,14,21). The molecule has 0 aromatic carbocycles. The first-order valence-corrected chi connectivity index (χ1v) is 9.05. The van der Waals surface area contributed by atoms with E-state index in [-0.39, 0.29) is 17.4 Å². The molecule has 1 unspecified atom stereocenters. The Hall–Kier alpha value is -1.81. The largest absolute Gasteiger partial charge is 0.355 e. The molecule has 2 aromatic heterocycles. The zero-order chi connectivity index (χ0) is 16.2. The van der Waals surface area contributed by atoms with Crippen molar-refractivity contribution in [2.24, 2.45) is 13.0 Å². The van der Waals surface area contributed by atoms with Crippen molar-refractivity contribution in [3.63, 3.8) is 0 Å². The first-order chi connectivity index (χ1) is 11.1. The normalized spacial score (nSPS) is 16.8. The maximum atomic E-state index is 12.2. The van der Waals surface area contributed by atoms with Crippen LogP contribution in [-0.2, 0) is 18.4 Å². The van der Waals surface area contributed by atoms with Crippen LogP contribution >= 0.6 is 23.5 Å². The first kappa shape index (κ1) is 16.1. The van der Waals surface area contributed by atoms with Gasteiger partial charge in [-0.15, -0.1) is 10.2 Å². The lowest BCUT2D eigenvalue weighted by Gasteiger charge is -2.23. The van der Waals surface area contributed by atoms with Gasteiger partial charge in [0.15, 0.2) is 10.3 Å². The first-order valence-electron chi connectivity index (χ1n) is 7.08. The highest BCUT2D eigenvalue weighted by Gasteiger charge is 2.26. The molecule has 10 heteroatoms. The molecule has 8 nitrogen and oxygen atoms in total. The average molecular weight is 352 g/mol. The Balaban J connectivity index is 1.49. The highest BCUT2D eigenvalue weighted by Crippen LogP contribution is 2.24. The van der Waals surface area contributed by atoms with Gasteiger partial charge in [-0.05, 0) is 0 Å². The SMILES string of the molecule is Cn1cnnc1SCCNC(=O)C1CSc2nccc(=O)n2C1. The van der Waals surface area contributed by atoms with Crippen LogP contribution in [0.5, 0.6) is 0 Å². The summed E-state index contributed by atoms with van der Waals surface area (Å²) in [5, 5.41) is 12.2. The van der Waals surface area contributed by atoms with Crippen molar-refractivity contribution in [2.45, 2.75) is 16.9 Å². The fraction of sp³-hybridized carbons (Fsp3) is 0.462. The summed E-state index contributed by atoms with van der Waals surface area (Å²) in [7, 11) is 1.88. The van der Waals surface area contributed by atoms with Crippen LogP contribution in [0.4, 0.5) is 0 Å². The van der Waals surface area contributed by atoms with Crippen LogP contribution in [0.25, 0.3) is 0 Å². The minimum Gasteiger partial charge on any atom is -0.355 e. The summed E-state index contributed by atoms with van der Waals surface area (Å²) in [6.07, 6.45) is 3.15. The van der Waals surface area contributed by atoms with Gasteiger partial charge < -0.3 is 9.88 Å². The molecule has 2 aromatic rings. The van der Waals surface area contributed by atoms with Gasteiger partial charge >= 0.3 is 0 Å². The molecule has 1 N–H and O–H groups in total. The van der Waals surface area contributed by atoms with E-state index in [9.17, 15) is 9.59 Å². The van der Waals surface area contributed by atoms with Crippen molar-refractivity contribution in [2.75, 3.05) is 18.1 Å². The number of thioether (sulfide) groups is 2. The summed E-state index contributed by atoms with van der Waals surface area (Å²) in [6.45, 7) is 0.934. The van der Waals surface area contributed by atoms with Gasteiger partial charge in [-0.3, -0.25) is 14.2 Å². The Morgan fingerprint density at radius 2 is 2.43 bits per heavy atom. The number of nitrogens with zero attached hydrogens (tertiary/aromatic N) is 5. The fourth-order valence-corrected chi connectivity index (χ4v) is 3.98. The van der Waals surface area contributed by atoms with E-state index >= 15 is 0 Å². The number of hydrogen-bond donors (Lipinski definition) is 1. The van der Waals surface area contributed by atoms with E-state index in [2.05, 4.69) is 20.5 Å². The lowest BCUT2D eigenvalue weighted by Crippen LogP contribution is -2.40. The van der Waals surface area contributed by atoms with Crippen molar-refractivity contribution in [1.29, 1.82) is 0 Å². The number of carbonyl (C=O) groups is 1.